The Bertz CT molecular complexity index is 240. The van der Waals surface area contributed by atoms with Crippen LogP contribution in [-0.2, 0) is 4.74 Å². The van der Waals surface area contributed by atoms with Gasteiger partial charge in [-0.2, -0.15) is 0 Å². The highest BCUT2D eigenvalue weighted by Gasteiger charge is 2.32. The van der Waals surface area contributed by atoms with Gasteiger partial charge in [0, 0.05) is 12.6 Å². The molecule has 2 rings (SSSR count). The number of nitrogens with one attached hydrogen (secondary N) is 1. The topological polar surface area (TPSA) is 21.3 Å². The monoisotopic (exact) mass is 267 g/mol. The Morgan fingerprint density at radius 2 is 1.89 bits per heavy atom. The summed E-state index contributed by atoms with van der Waals surface area (Å²) >= 11 is 0. The van der Waals surface area contributed by atoms with Gasteiger partial charge in [0.25, 0.3) is 0 Å². The van der Waals surface area contributed by atoms with E-state index < -0.39 is 0 Å². The molecule has 2 aliphatic rings. The zero-order valence-electron chi connectivity index (χ0n) is 13.2. The predicted molar refractivity (Wildman–Crippen MR) is 81.3 cm³/mol. The van der Waals surface area contributed by atoms with Crippen molar-refractivity contribution in [3.8, 4) is 0 Å². The standard InChI is InChI=1S/C17H33NO/c1-4-7-18-17(12-16-6-5-8-19-16)15-10-13(2)9-14(3)11-15/h13-18H,4-12H2,1-3H3. The second-order valence-electron chi connectivity index (χ2n) is 7.11. The number of hydrogen-bond acceptors (Lipinski definition) is 2. The Morgan fingerprint density at radius 3 is 2.47 bits per heavy atom. The Hall–Kier alpha value is -0.0800. The molecule has 1 heterocycles. The molecule has 0 bridgehead atoms. The number of hydrogen-bond donors (Lipinski definition) is 1. The van der Waals surface area contributed by atoms with Crippen molar-refractivity contribution in [1.82, 2.24) is 5.32 Å². The second kappa shape index (κ2) is 7.64. The van der Waals surface area contributed by atoms with Crippen molar-refractivity contribution in [2.24, 2.45) is 17.8 Å². The smallest absolute Gasteiger partial charge is 0.0590 e. The first-order valence-corrected chi connectivity index (χ1v) is 8.54. The molecule has 4 atom stereocenters. The van der Waals surface area contributed by atoms with E-state index in [1.54, 1.807) is 0 Å². The summed E-state index contributed by atoms with van der Waals surface area (Å²) in [5.41, 5.74) is 0. The van der Waals surface area contributed by atoms with Crippen molar-refractivity contribution in [1.29, 1.82) is 0 Å². The molecular weight excluding hydrogens is 234 g/mol. The molecule has 0 aromatic rings. The first-order chi connectivity index (χ1) is 9.19. The molecule has 0 amide bonds. The minimum absolute atomic E-state index is 0.530. The minimum Gasteiger partial charge on any atom is -0.378 e. The Labute approximate surface area is 119 Å². The largest absolute Gasteiger partial charge is 0.378 e. The lowest BCUT2D eigenvalue weighted by Gasteiger charge is -2.38. The van der Waals surface area contributed by atoms with Crippen molar-refractivity contribution in [2.45, 2.75) is 77.9 Å². The average molecular weight is 267 g/mol. The molecule has 1 aliphatic heterocycles. The lowest BCUT2D eigenvalue weighted by Crippen LogP contribution is -2.42. The first kappa shape index (κ1) is 15.3. The third kappa shape index (κ3) is 4.75. The molecule has 1 saturated heterocycles. The Balaban J connectivity index is 1.90. The second-order valence-corrected chi connectivity index (χ2v) is 7.11. The molecule has 0 aromatic carbocycles. The maximum atomic E-state index is 5.87. The summed E-state index contributed by atoms with van der Waals surface area (Å²) in [5, 5.41) is 3.83. The Kier molecular flexibility index (Phi) is 6.15. The van der Waals surface area contributed by atoms with E-state index in [0.717, 1.165) is 30.9 Å². The van der Waals surface area contributed by atoms with Crippen LogP contribution in [0.4, 0.5) is 0 Å². The predicted octanol–water partition coefficient (Wildman–Crippen LogP) is 4.00. The quantitative estimate of drug-likeness (QED) is 0.785. The van der Waals surface area contributed by atoms with Crippen molar-refractivity contribution in [3.05, 3.63) is 0 Å². The third-order valence-corrected chi connectivity index (χ3v) is 4.98. The van der Waals surface area contributed by atoms with E-state index in [1.807, 2.05) is 0 Å². The summed E-state index contributed by atoms with van der Waals surface area (Å²) in [6.07, 6.45) is 9.81. The van der Waals surface area contributed by atoms with E-state index in [1.165, 1.54) is 44.9 Å². The van der Waals surface area contributed by atoms with Crippen LogP contribution in [0, 0.1) is 17.8 Å². The summed E-state index contributed by atoms with van der Waals surface area (Å²) in [6.45, 7) is 9.29. The maximum absolute atomic E-state index is 5.87. The fraction of sp³-hybridized carbons (Fsp3) is 1.00. The highest BCUT2D eigenvalue weighted by molar-refractivity contribution is 4.86. The van der Waals surface area contributed by atoms with Crippen LogP contribution in [0.2, 0.25) is 0 Å². The fourth-order valence-electron chi connectivity index (χ4n) is 4.22. The molecular formula is C17H33NO. The zero-order valence-corrected chi connectivity index (χ0v) is 13.2. The minimum atomic E-state index is 0.530. The van der Waals surface area contributed by atoms with Gasteiger partial charge in [-0.1, -0.05) is 20.8 Å². The van der Waals surface area contributed by atoms with Crippen molar-refractivity contribution >= 4 is 0 Å². The van der Waals surface area contributed by atoms with Gasteiger partial charge in [0.1, 0.15) is 0 Å². The summed E-state index contributed by atoms with van der Waals surface area (Å²) in [7, 11) is 0. The summed E-state index contributed by atoms with van der Waals surface area (Å²) < 4.78 is 5.87. The van der Waals surface area contributed by atoms with Crippen LogP contribution in [0.3, 0.4) is 0 Å². The van der Waals surface area contributed by atoms with Crippen LogP contribution in [0.25, 0.3) is 0 Å². The van der Waals surface area contributed by atoms with Crippen LogP contribution >= 0.6 is 0 Å². The SMILES string of the molecule is CCCNC(CC1CCCO1)C1CC(C)CC(C)C1. The van der Waals surface area contributed by atoms with Crippen LogP contribution < -0.4 is 5.32 Å². The number of rotatable bonds is 6. The fourth-order valence-corrected chi connectivity index (χ4v) is 4.22. The zero-order chi connectivity index (χ0) is 13.7. The van der Waals surface area contributed by atoms with Gasteiger partial charge in [0.2, 0.25) is 0 Å². The third-order valence-electron chi connectivity index (χ3n) is 4.98. The van der Waals surface area contributed by atoms with E-state index in [-0.39, 0.29) is 0 Å². The van der Waals surface area contributed by atoms with Gasteiger partial charge in [-0.15, -0.1) is 0 Å². The molecule has 2 heteroatoms. The van der Waals surface area contributed by atoms with Crippen LogP contribution in [0.1, 0.15) is 65.7 Å². The van der Waals surface area contributed by atoms with Gasteiger partial charge < -0.3 is 10.1 Å². The molecule has 0 radical (unpaired) electrons. The molecule has 112 valence electrons. The van der Waals surface area contributed by atoms with Crippen molar-refractivity contribution in [2.75, 3.05) is 13.2 Å². The summed E-state index contributed by atoms with van der Waals surface area (Å²) in [6, 6.07) is 0.688. The van der Waals surface area contributed by atoms with E-state index in [4.69, 9.17) is 4.74 Å². The highest BCUT2D eigenvalue weighted by Crippen LogP contribution is 2.36. The maximum Gasteiger partial charge on any atom is 0.0590 e. The van der Waals surface area contributed by atoms with E-state index >= 15 is 0 Å². The van der Waals surface area contributed by atoms with Crippen LogP contribution in [0.15, 0.2) is 0 Å². The molecule has 0 spiro atoms. The van der Waals surface area contributed by atoms with E-state index in [9.17, 15) is 0 Å². The number of ether oxygens (including phenoxy) is 1. The normalized spacial score (nSPS) is 37.4. The van der Waals surface area contributed by atoms with Gasteiger partial charge >= 0.3 is 0 Å². The van der Waals surface area contributed by atoms with Crippen LogP contribution in [-0.4, -0.2) is 25.3 Å². The van der Waals surface area contributed by atoms with Gasteiger partial charge in [0.15, 0.2) is 0 Å². The molecule has 1 saturated carbocycles. The summed E-state index contributed by atoms with van der Waals surface area (Å²) in [4.78, 5) is 0. The molecule has 1 aliphatic carbocycles. The molecule has 0 aromatic heterocycles. The van der Waals surface area contributed by atoms with Crippen molar-refractivity contribution in [3.63, 3.8) is 0 Å². The van der Waals surface area contributed by atoms with Crippen LogP contribution in [0.5, 0.6) is 0 Å². The molecule has 4 unspecified atom stereocenters. The molecule has 2 fully saturated rings. The van der Waals surface area contributed by atoms with Gasteiger partial charge in [0.05, 0.1) is 6.10 Å². The highest BCUT2D eigenvalue weighted by atomic mass is 16.5. The lowest BCUT2D eigenvalue weighted by molar-refractivity contribution is 0.0749. The molecule has 19 heavy (non-hydrogen) atoms. The first-order valence-electron chi connectivity index (χ1n) is 8.54. The van der Waals surface area contributed by atoms with Gasteiger partial charge in [-0.05, 0) is 69.2 Å². The van der Waals surface area contributed by atoms with E-state index in [2.05, 4.69) is 26.1 Å². The summed E-state index contributed by atoms with van der Waals surface area (Å²) in [5.74, 6) is 2.68. The van der Waals surface area contributed by atoms with Gasteiger partial charge in [-0.3, -0.25) is 0 Å². The van der Waals surface area contributed by atoms with E-state index in [0.29, 0.717) is 12.1 Å². The van der Waals surface area contributed by atoms with Crippen molar-refractivity contribution < 1.29 is 4.74 Å². The average Bonchev–Trinajstić information content (AvgIpc) is 2.86. The van der Waals surface area contributed by atoms with Gasteiger partial charge in [-0.25, -0.2) is 0 Å². The molecule has 2 nitrogen and oxygen atoms in total. The molecule has 1 N–H and O–H groups in total. The lowest BCUT2D eigenvalue weighted by atomic mass is 9.72. The Morgan fingerprint density at radius 1 is 1.16 bits per heavy atom.